The zero-order valence-corrected chi connectivity index (χ0v) is 13.9. The van der Waals surface area contributed by atoms with Crippen molar-refractivity contribution < 1.29 is 9.18 Å². The first kappa shape index (κ1) is 16.9. The maximum Gasteiger partial charge on any atom is 0.251 e. The van der Waals surface area contributed by atoms with E-state index in [0.29, 0.717) is 23.1 Å². The van der Waals surface area contributed by atoms with Crippen LogP contribution < -0.4 is 5.32 Å². The van der Waals surface area contributed by atoms with Crippen molar-refractivity contribution in [3.63, 3.8) is 0 Å². The molecule has 0 saturated carbocycles. The van der Waals surface area contributed by atoms with Crippen molar-refractivity contribution in [1.29, 1.82) is 0 Å². The van der Waals surface area contributed by atoms with Crippen molar-refractivity contribution in [2.75, 3.05) is 20.1 Å². The Morgan fingerprint density at radius 2 is 2.09 bits per heavy atom. The Labute approximate surface area is 132 Å². The maximum atomic E-state index is 14.3. The Bertz CT molecular complexity index is 526. The molecule has 1 fully saturated rings. The molecule has 22 heavy (non-hydrogen) atoms. The summed E-state index contributed by atoms with van der Waals surface area (Å²) in [5.74, 6) is -0.537. The lowest BCUT2D eigenvalue weighted by Crippen LogP contribution is -2.42. The Kier molecular flexibility index (Phi) is 5.57. The standard InChI is InChI=1S/C18H27FN2O/c1-4-18(5-2)9-6-10-21(13-18)12-15-8-7-14(11-16(15)19)17(22)20-3/h7-8,11H,4-6,9-10,12-13H2,1-3H3,(H,20,22). The van der Waals surface area contributed by atoms with Crippen LogP contribution in [-0.4, -0.2) is 30.9 Å². The van der Waals surface area contributed by atoms with Gasteiger partial charge in [-0.15, -0.1) is 0 Å². The number of nitrogens with one attached hydrogen (secondary N) is 1. The number of piperidine rings is 1. The summed E-state index contributed by atoms with van der Waals surface area (Å²) in [7, 11) is 1.55. The minimum absolute atomic E-state index is 0.251. The average Bonchev–Trinajstić information content (AvgIpc) is 2.56. The van der Waals surface area contributed by atoms with Crippen LogP contribution in [-0.2, 0) is 6.54 Å². The van der Waals surface area contributed by atoms with Crippen LogP contribution in [0.4, 0.5) is 4.39 Å². The lowest BCUT2D eigenvalue weighted by atomic mass is 9.75. The van der Waals surface area contributed by atoms with Gasteiger partial charge < -0.3 is 5.32 Å². The predicted octanol–water partition coefficient (Wildman–Crippen LogP) is 3.59. The molecule has 0 unspecified atom stereocenters. The molecule has 2 rings (SSSR count). The Morgan fingerprint density at radius 3 is 2.68 bits per heavy atom. The van der Waals surface area contributed by atoms with Gasteiger partial charge in [-0.05, 0) is 49.8 Å². The van der Waals surface area contributed by atoms with Crippen molar-refractivity contribution in [2.45, 2.75) is 46.1 Å². The molecule has 1 saturated heterocycles. The molecule has 0 radical (unpaired) electrons. The zero-order valence-electron chi connectivity index (χ0n) is 13.9. The molecule has 0 atom stereocenters. The van der Waals surface area contributed by atoms with Crippen molar-refractivity contribution in [3.05, 3.63) is 35.1 Å². The number of nitrogens with zero attached hydrogens (tertiary/aromatic N) is 1. The summed E-state index contributed by atoms with van der Waals surface area (Å²) in [5.41, 5.74) is 1.44. The van der Waals surface area contributed by atoms with Crippen LogP contribution in [0.3, 0.4) is 0 Å². The van der Waals surface area contributed by atoms with Gasteiger partial charge in [-0.3, -0.25) is 9.69 Å². The summed E-state index contributed by atoms with van der Waals surface area (Å²) in [6, 6.07) is 4.78. The number of halogens is 1. The highest BCUT2D eigenvalue weighted by atomic mass is 19.1. The van der Waals surface area contributed by atoms with Crippen LogP contribution in [0.5, 0.6) is 0 Å². The largest absolute Gasteiger partial charge is 0.355 e. The van der Waals surface area contributed by atoms with Gasteiger partial charge in [-0.2, -0.15) is 0 Å². The molecule has 1 N–H and O–H groups in total. The lowest BCUT2D eigenvalue weighted by molar-refractivity contribution is 0.0743. The van der Waals surface area contributed by atoms with Crippen molar-refractivity contribution in [1.82, 2.24) is 10.2 Å². The molecule has 122 valence electrons. The van der Waals surface area contributed by atoms with E-state index in [1.54, 1.807) is 19.2 Å². The maximum absolute atomic E-state index is 14.3. The van der Waals surface area contributed by atoms with Gasteiger partial charge in [0.1, 0.15) is 5.82 Å². The zero-order chi connectivity index (χ0) is 16.2. The van der Waals surface area contributed by atoms with Gasteiger partial charge in [0.2, 0.25) is 0 Å². The van der Waals surface area contributed by atoms with E-state index < -0.39 is 0 Å². The third kappa shape index (κ3) is 3.67. The molecule has 1 aliphatic rings. The van der Waals surface area contributed by atoms with E-state index in [1.165, 1.54) is 31.7 Å². The second-order valence-electron chi connectivity index (χ2n) is 6.41. The van der Waals surface area contributed by atoms with Crippen molar-refractivity contribution in [3.8, 4) is 0 Å². The summed E-state index contributed by atoms with van der Waals surface area (Å²) >= 11 is 0. The van der Waals surface area contributed by atoms with E-state index in [-0.39, 0.29) is 11.7 Å². The Morgan fingerprint density at radius 1 is 1.36 bits per heavy atom. The minimum Gasteiger partial charge on any atom is -0.355 e. The normalized spacial score (nSPS) is 18.2. The minimum atomic E-state index is -0.287. The molecule has 0 aromatic heterocycles. The number of hydrogen-bond acceptors (Lipinski definition) is 2. The van der Waals surface area contributed by atoms with Crippen LogP contribution >= 0.6 is 0 Å². The summed E-state index contributed by atoms with van der Waals surface area (Å²) in [6.07, 6.45) is 4.81. The average molecular weight is 306 g/mol. The van der Waals surface area contributed by atoms with Crippen LogP contribution in [0.2, 0.25) is 0 Å². The number of likely N-dealkylation sites (tertiary alicyclic amines) is 1. The number of carbonyl (C=O) groups is 1. The molecule has 0 bridgehead atoms. The van der Waals surface area contributed by atoms with Crippen LogP contribution in [0.15, 0.2) is 18.2 Å². The molecule has 1 aromatic carbocycles. The van der Waals surface area contributed by atoms with E-state index in [1.807, 2.05) is 0 Å². The first-order valence-electron chi connectivity index (χ1n) is 8.26. The quantitative estimate of drug-likeness (QED) is 0.901. The fraction of sp³-hybridized carbons (Fsp3) is 0.611. The monoisotopic (exact) mass is 306 g/mol. The number of hydrogen-bond donors (Lipinski definition) is 1. The van der Waals surface area contributed by atoms with Gasteiger partial charge in [0, 0.05) is 31.3 Å². The van der Waals surface area contributed by atoms with E-state index in [2.05, 4.69) is 24.1 Å². The first-order chi connectivity index (χ1) is 10.5. The van der Waals surface area contributed by atoms with Gasteiger partial charge in [0.15, 0.2) is 0 Å². The smallest absolute Gasteiger partial charge is 0.251 e. The van der Waals surface area contributed by atoms with E-state index >= 15 is 0 Å². The summed E-state index contributed by atoms with van der Waals surface area (Å²) < 4.78 is 14.3. The second kappa shape index (κ2) is 7.23. The molecule has 4 heteroatoms. The molecule has 1 heterocycles. The highest BCUT2D eigenvalue weighted by molar-refractivity contribution is 5.93. The number of amides is 1. The highest BCUT2D eigenvalue weighted by Gasteiger charge is 2.32. The first-order valence-corrected chi connectivity index (χ1v) is 8.26. The molecule has 1 amide bonds. The molecule has 0 spiro atoms. The van der Waals surface area contributed by atoms with Gasteiger partial charge in [0.25, 0.3) is 5.91 Å². The molecule has 0 aliphatic carbocycles. The van der Waals surface area contributed by atoms with Crippen molar-refractivity contribution in [2.24, 2.45) is 5.41 Å². The van der Waals surface area contributed by atoms with Crippen LogP contribution in [0, 0.1) is 11.2 Å². The molecule has 1 aromatic rings. The molecule has 1 aliphatic heterocycles. The lowest BCUT2D eigenvalue weighted by Gasteiger charge is -2.42. The summed E-state index contributed by atoms with van der Waals surface area (Å²) in [4.78, 5) is 13.9. The van der Waals surface area contributed by atoms with E-state index in [9.17, 15) is 9.18 Å². The Hall–Kier alpha value is -1.42. The molecular formula is C18H27FN2O. The van der Waals surface area contributed by atoms with Gasteiger partial charge in [-0.1, -0.05) is 19.9 Å². The molecular weight excluding hydrogens is 279 g/mol. The number of rotatable bonds is 5. The predicted molar refractivity (Wildman–Crippen MR) is 87.3 cm³/mol. The van der Waals surface area contributed by atoms with Crippen molar-refractivity contribution >= 4 is 5.91 Å². The van der Waals surface area contributed by atoms with E-state index in [4.69, 9.17) is 0 Å². The van der Waals surface area contributed by atoms with E-state index in [0.717, 1.165) is 13.1 Å². The SMILES string of the molecule is CCC1(CC)CCCN(Cc2ccc(C(=O)NC)cc2F)C1. The van der Waals surface area contributed by atoms with Gasteiger partial charge >= 0.3 is 0 Å². The Balaban J connectivity index is 2.09. The van der Waals surface area contributed by atoms with Crippen LogP contribution in [0.1, 0.15) is 55.5 Å². The number of carbonyl (C=O) groups excluding carboxylic acids is 1. The highest BCUT2D eigenvalue weighted by Crippen LogP contribution is 2.36. The van der Waals surface area contributed by atoms with Gasteiger partial charge in [-0.25, -0.2) is 4.39 Å². The third-order valence-electron chi connectivity index (χ3n) is 5.18. The topological polar surface area (TPSA) is 32.3 Å². The second-order valence-corrected chi connectivity index (χ2v) is 6.41. The fourth-order valence-corrected chi connectivity index (χ4v) is 3.47. The molecule has 3 nitrogen and oxygen atoms in total. The number of benzene rings is 1. The third-order valence-corrected chi connectivity index (χ3v) is 5.18. The van der Waals surface area contributed by atoms with Crippen LogP contribution in [0.25, 0.3) is 0 Å². The fourth-order valence-electron chi connectivity index (χ4n) is 3.47. The summed E-state index contributed by atoms with van der Waals surface area (Å²) in [6.45, 7) is 7.20. The summed E-state index contributed by atoms with van der Waals surface area (Å²) in [5, 5.41) is 2.52. The van der Waals surface area contributed by atoms with Gasteiger partial charge in [0.05, 0.1) is 0 Å².